The summed E-state index contributed by atoms with van der Waals surface area (Å²) < 4.78 is 0. The molecule has 6 heteroatoms. The van der Waals surface area contributed by atoms with Crippen LogP contribution in [0.1, 0.15) is 11.1 Å². The maximum Gasteiger partial charge on any atom is 0.249 e. The Morgan fingerprint density at radius 3 is 2.59 bits per heavy atom. The molecule has 0 aliphatic carbocycles. The van der Waals surface area contributed by atoms with Crippen molar-refractivity contribution in [2.75, 3.05) is 0 Å². The van der Waals surface area contributed by atoms with E-state index in [2.05, 4.69) is 15.2 Å². The van der Waals surface area contributed by atoms with E-state index in [-0.39, 0.29) is 0 Å². The first-order valence-electron chi connectivity index (χ1n) is 5.19. The highest BCUT2D eigenvalue weighted by atomic mass is 16.1. The van der Waals surface area contributed by atoms with Gasteiger partial charge in [-0.15, -0.1) is 10.2 Å². The number of nitrogens with two attached hydrogens (primary N) is 2. The molecular formula is C11H13N5O. The van der Waals surface area contributed by atoms with Crippen molar-refractivity contribution in [2.24, 2.45) is 26.7 Å². The van der Waals surface area contributed by atoms with Crippen molar-refractivity contribution in [2.45, 2.75) is 18.2 Å². The second-order valence-corrected chi connectivity index (χ2v) is 3.89. The van der Waals surface area contributed by atoms with Crippen LogP contribution in [0.5, 0.6) is 0 Å². The van der Waals surface area contributed by atoms with Crippen molar-refractivity contribution < 1.29 is 4.79 Å². The van der Waals surface area contributed by atoms with Crippen LogP contribution in [0.15, 0.2) is 39.5 Å². The Morgan fingerprint density at radius 1 is 1.35 bits per heavy atom. The highest BCUT2D eigenvalue weighted by Crippen LogP contribution is 2.24. The molecule has 1 heterocycles. The van der Waals surface area contributed by atoms with Gasteiger partial charge in [-0.1, -0.05) is 24.3 Å². The van der Waals surface area contributed by atoms with Crippen molar-refractivity contribution in [3.8, 4) is 0 Å². The third-order valence-electron chi connectivity index (χ3n) is 2.54. The van der Waals surface area contributed by atoms with Crippen molar-refractivity contribution in [1.82, 2.24) is 0 Å². The minimum absolute atomic E-state index is 0.475. The fourth-order valence-electron chi connectivity index (χ4n) is 1.59. The molecule has 0 saturated heterocycles. The van der Waals surface area contributed by atoms with E-state index in [9.17, 15) is 4.79 Å². The second-order valence-electron chi connectivity index (χ2n) is 3.89. The lowest BCUT2D eigenvalue weighted by atomic mass is 10.0. The van der Waals surface area contributed by atoms with Gasteiger partial charge in [-0.3, -0.25) is 5.73 Å². The molecule has 88 valence electrons. The molecule has 0 saturated carbocycles. The van der Waals surface area contributed by atoms with Gasteiger partial charge in [0.25, 0.3) is 0 Å². The Morgan fingerprint density at radius 2 is 2.06 bits per heavy atom. The van der Waals surface area contributed by atoms with E-state index in [4.69, 9.17) is 11.5 Å². The molecule has 6 nitrogen and oxygen atoms in total. The third kappa shape index (κ3) is 2.43. The van der Waals surface area contributed by atoms with Gasteiger partial charge in [0.1, 0.15) is 12.6 Å². The van der Waals surface area contributed by atoms with Gasteiger partial charge < -0.3 is 10.5 Å². The molecule has 1 aromatic rings. The number of rotatable bonds is 4. The summed E-state index contributed by atoms with van der Waals surface area (Å²) in [5.74, 6) is -1.11. The largest absolute Gasteiger partial charge is 0.321 e. The number of carbonyl (C=O) groups is 1. The molecule has 0 bridgehead atoms. The topological polar surface area (TPSA) is 106 Å². The van der Waals surface area contributed by atoms with E-state index in [1.807, 2.05) is 24.3 Å². The number of aliphatic imine (C=N–C) groups is 1. The SMILES string of the molecule is N[C@H](C=O)Cc1ccc(C2(N)N=CN=N2)cc1. The van der Waals surface area contributed by atoms with Gasteiger partial charge in [0.15, 0.2) is 0 Å². The summed E-state index contributed by atoms with van der Waals surface area (Å²) in [5, 5.41) is 7.48. The quantitative estimate of drug-likeness (QED) is 0.728. The predicted molar refractivity (Wildman–Crippen MR) is 63.4 cm³/mol. The summed E-state index contributed by atoms with van der Waals surface area (Å²) in [4.78, 5) is 14.4. The lowest BCUT2D eigenvalue weighted by Crippen LogP contribution is -2.30. The number of azo groups is 1. The number of hydrogen-bond acceptors (Lipinski definition) is 6. The number of benzene rings is 1. The van der Waals surface area contributed by atoms with Crippen LogP contribution in [-0.4, -0.2) is 18.7 Å². The molecule has 1 aliphatic rings. The van der Waals surface area contributed by atoms with Crippen LogP contribution in [0.2, 0.25) is 0 Å². The van der Waals surface area contributed by atoms with Crippen LogP contribution in [0, 0.1) is 0 Å². The standard InChI is InChI=1S/C11H13N5O/c12-10(6-17)5-8-1-3-9(4-2-8)11(13)14-7-15-16-11/h1-4,6-7,10H,5,12-13H2/t10-,11?/m0/s1. The van der Waals surface area contributed by atoms with Gasteiger partial charge in [0, 0.05) is 5.56 Å². The van der Waals surface area contributed by atoms with Gasteiger partial charge in [-0.2, -0.15) is 0 Å². The minimum Gasteiger partial charge on any atom is -0.321 e. The smallest absolute Gasteiger partial charge is 0.249 e. The van der Waals surface area contributed by atoms with E-state index >= 15 is 0 Å². The zero-order valence-electron chi connectivity index (χ0n) is 9.15. The molecule has 0 amide bonds. The molecule has 1 aliphatic heterocycles. The Hall–Kier alpha value is -1.92. The Balaban J connectivity index is 2.16. The van der Waals surface area contributed by atoms with E-state index < -0.39 is 11.8 Å². The highest BCUT2D eigenvalue weighted by molar-refractivity contribution is 5.58. The van der Waals surface area contributed by atoms with Crippen molar-refractivity contribution in [1.29, 1.82) is 0 Å². The fraction of sp³-hybridized carbons (Fsp3) is 0.273. The molecule has 0 radical (unpaired) electrons. The van der Waals surface area contributed by atoms with Gasteiger partial charge in [-0.25, -0.2) is 4.99 Å². The van der Waals surface area contributed by atoms with E-state index in [1.165, 1.54) is 6.34 Å². The second kappa shape index (κ2) is 4.52. The van der Waals surface area contributed by atoms with Crippen LogP contribution in [0.4, 0.5) is 0 Å². The summed E-state index contributed by atoms with van der Waals surface area (Å²) in [6.45, 7) is 0. The van der Waals surface area contributed by atoms with Gasteiger partial charge in [0.2, 0.25) is 5.79 Å². The van der Waals surface area contributed by atoms with E-state index in [0.29, 0.717) is 6.42 Å². The summed E-state index contributed by atoms with van der Waals surface area (Å²) in [6, 6.07) is 6.87. The molecule has 4 N–H and O–H groups in total. The molecular weight excluding hydrogens is 218 g/mol. The summed E-state index contributed by atoms with van der Waals surface area (Å²) in [5.41, 5.74) is 13.2. The zero-order valence-corrected chi connectivity index (χ0v) is 9.15. The monoisotopic (exact) mass is 231 g/mol. The third-order valence-corrected chi connectivity index (χ3v) is 2.54. The number of nitrogens with zero attached hydrogens (tertiary/aromatic N) is 3. The van der Waals surface area contributed by atoms with E-state index in [0.717, 1.165) is 17.4 Å². The van der Waals surface area contributed by atoms with Crippen molar-refractivity contribution in [3.05, 3.63) is 35.4 Å². The first-order chi connectivity index (χ1) is 8.14. The lowest BCUT2D eigenvalue weighted by molar-refractivity contribution is -0.108. The molecule has 0 aromatic heterocycles. The van der Waals surface area contributed by atoms with Crippen LogP contribution in [0.3, 0.4) is 0 Å². The first-order valence-corrected chi connectivity index (χ1v) is 5.19. The number of hydrogen-bond donors (Lipinski definition) is 2. The first kappa shape index (κ1) is 11.6. The minimum atomic E-state index is -1.11. The molecule has 2 rings (SSSR count). The van der Waals surface area contributed by atoms with Crippen LogP contribution < -0.4 is 11.5 Å². The number of aldehydes is 1. The van der Waals surface area contributed by atoms with Gasteiger partial charge in [0.05, 0.1) is 6.04 Å². The average Bonchev–Trinajstić information content (AvgIpc) is 2.78. The average molecular weight is 231 g/mol. The Labute approximate surface area is 98.4 Å². The van der Waals surface area contributed by atoms with Crippen LogP contribution in [0.25, 0.3) is 0 Å². The van der Waals surface area contributed by atoms with E-state index in [1.54, 1.807) is 0 Å². The van der Waals surface area contributed by atoms with Crippen LogP contribution in [-0.2, 0) is 17.0 Å². The molecule has 1 unspecified atom stereocenters. The molecule has 1 aromatic carbocycles. The maximum absolute atomic E-state index is 10.4. The Kier molecular flexibility index (Phi) is 3.08. The summed E-state index contributed by atoms with van der Waals surface area (Å²) in [6.07, 6.45) is 2.57. The lowest BCUT2D eigenvalue weighted by Gasteiger charge is -2.16. The van der Waals surface area contributed by atoms with Crippen molar-refractivity contribution in [3.63, 3.8) is 0 Å². The summed E-state index contributed by atoms with van der Waals surface area (Å²) >= 11 is 0. The summed E-state index contributed by atoms with van der Waals surface area (Å²) in [7, 11) is 0. The predicted octanol–water partition coefficient (Wildman–Crippen LogP) is 0.318. The highest BCUT2D eigenvalue weighted by Gasteiger charge is 2.27. The van der Waals surface area contributed by atoms with Gasteiger partial charge >= 0.3 is 0 Å². The molecule has 2 atom stereocenters. The van der Waals surface area contributed by atoms with Crippen molar-refractivity contribution >= 4 is 12.6 Å². The fourth-order valence-corrected chi connectivity index (χ4v) is 1.59. The van der Waals surface area contributed by atoms with Gasteiger partial charge in [-0.05, 0) is 12.0 Å². The number of carbonyl (C=O) groups excluding carboxylic acids is 1. The molecule has 17 heavy (non-hydrogen) atoms. The van der Waals surface area contributed by atoms with Crippen LogP contribution >= 0.6 is 0 Å². The molecule has 0 fully saturated rings. The molecule has 0 spiro atoms. The normalized spacial score (nSPS) is 23.9. The maximum atomic E-state index is 10.4. The zero-order chi connectivity index (χ0) is 12.3. The Bertz CT molecular complexity index is 453.